The van der Waals surface area contributed by atoms with E-state index in [0.717, 1.165) is 23.6 Å². The summed E-state index contributed by atoms with van der Waals surface area (Å²) in [4.78, 5) is 21.4. The number of ether oxygens (including phenoxy) is 3. The summed E-state index contributed by atoms with van der Waals surface area (Å²) in [5, 5.41) is 11.8. The number of carbonyl (C=O) groups is 1. The van der Waals surface area contributed by atoms with Crippen molar-refractivity contribution in [3.8, 4) is 22.1 Å². The molecule has 4 rings (SSSR count). The molecule has 1 N–H and O–H groups in total. The monoisotopic (exact) mass is 475 g/mol. The molecule has 168 valence electrons. The first-order valence-electron chi connectivity index (χ1n) is 9.96. The van der Waals surface area contributed by atoms with Crippen molar-refractivity contribution in [2.75, 3.05) is 32.2 Å². The third kappa shape index (κ3) is 4.98. The second-order valence-electron chi connectivity index (χ2n) is 7.49. The molecule has 1 amide bonds. The molecule has 0 aliphatic carbocycles. The van der Waals surface area contributed by atoms with Gasteiger partial charge in [-0.3, -0.25) is 15.1 Å². The number of nitrogens with zero attached hydrogens (tertiary/aromatic N) is 4. The molecular formula is C21H22ClN5O4S. The SMILES string of the molecule is COc1cnc(Cl)cc1-c1cc(C)ncc1C(=O)Nc1nnc(OCC2COCC2C)s1. The third-order valence-electron chi connectivity index (χ3n) is 5.19. The minimum Gasteiger partial charge on any atom is -0.494 e. The first-order valence-corrected chi connectivity index (χ1v) is 11.2. The largest absolute Gasteiger partial charge is 0.494 e. The molecule has 9 nitrogen and oxygen atoms in total. The van der Waals surface area contributed by atoms with Crippen LogP contribution in [0.15, 0.2) is 24.5 Å². The predicted octanol–water partition coefficient (Wildman–Crippen LogP) is 3.88. The van der Waals surface area contributed by atoms with E-state index in [1.54, 1.807) is 12.1 Å². The van der Waals surface area contributed by atoms with Crippen molar-refractivity contribution >= 4 is 34.0 Å². The van der Waals surface area contributed by atoms with Crippen LogP contribution in [0.5, 0.6) is 10.9 Å². The summed E-state index contributed by atoms with van der Waals surface area (Å²) in [5.41, 5.74) is 2.33. The molecule has 2 unspecified atom stereocenters. The normalized spacial score (nSPS) is 17.9. The standard InChI is InChI=1S/C21H22ClN5O4S/c1-11-8-30-9-13(11)10-31-21-27-26-20(32-21)25-19(28)16-6-23-12(2)4-14(16)15-5-18(22)24-7-17(15)29-3/h4-7,11,13H,8-10H2,1-3H3,(H,25,26,28). The van der Waals surface area contributed by atoms with Gasteiger partial charge in [-0.1, -0.05) is 23.6 Å². The molecule has 1 fully saturated rings. The number of amides is 1. The van der Waals surface area contributed by atoms with E-state index in [4.69, 9.17) is 25.8 Å². The van der Waals surface area contributed by atoms with Crippen LogP contribution in [0.25, 0.3) is 11.1 Å². The molecule has 3 aromatic heterocycles. The van der Waals surface area contributed by atoms with E-state index in [2.05, 4.69) is 32.4 Å². The van der Waals surface area contributed by atoms with E-state index in [1.807, 2.05) is 6.92 Å². The minimum atomic E-state index is -0.386. The summed E-state index contributed by atoms with van der Waals surface area (Å²) in [6.07, 6.45) is 3.02. The lowest BCUT2D eigenvalue weighted by Crippen LogP contribution is -2.17. The summed E-state index contributed by atoms with van der Waals surface area (Å²) >= 11 is 7.25. The van der Waals surface area contributed by atoms with Gasteiger partial charge in [0, 0.05) is 35.5 Å². The lowest BCUT2D eigenvalue weighted by molar-refractivity contribution is 0.102. The maximum absolute atomic E-state index is 13.1. The average Bonchev–Trinajstić information content (AvgIpc) is 3.40. The Balaban J connectivity index is 1.52. The molecule has 0 aromatic carbocycles. The highest BCUT2D eigenvalue weighted by atomic mass is 35.5. The number of hydrogen-bond acceptors (Lipinski definition) is 9. The van der Waals surface area contributed by atoms with Crippen LogP contribution in [-0.4, -0.2) is 53.0 Å². The van der Waals surface area contributed by atoms with Gasteiger partial charge in [0.05, 0.1) is 32.1 Å². The van der Waals surface area contributed by atoms with Crippen molar-refractivity contribution in [1.29, 1.82) is 0 Å². The highest BCUT2D eigenvalue weighted by Gasteiger charge is 2.25. The van der Waals surface area contributed by atoms with Crippen molar-refractivity contribution in [2.24, 2.45) is 11.8 Å². The molecule has 0 spiro atoms. The Labute approximate surface area is 194 Å². The fraction of sp³-hybridized carbons (Fsp3) is 0.381. The molecule has 1 aliphatic rings. The van der Waals surface area contributed by atoms with Gasteiger partial charge in [-0.25, -0.2) is 4.98 Å². The van der Waals surface area contributed by atoms with Crippen LogP contribution in [-0.2, 0) is 4.74 Å². The maximum atomic E-state index is 13.1. The van der Waals surface area contributed by atoms with Gasteiger partial charge in [0.15, 0.2) is 0 Å². The summed E-state index contributed by atoms with van der Waals surface area (Å²) in [5.74, 6) is 0.863. The number of rotatable bonds is 7. The smallest absolute Gasteiger partial charge is 0.295 e. The number of carbonyl (C=O) groups excluding carboxylic acids is 1. The van der Waals surface area contributed by atoms with Crippen LogP contribution in [0.2, 0.25) is 5.15 Å². The van der Waals surface area contributed by atoms with Crippen molar-refractivity contribution < 1.29 is 19.0 Å². The number of aryl methyl sites for hydroxylation is 1. The second-order valence-corrected chi connectivity index (χ2v) is 8.82. The number of aromatic nitrogens is 4. The van der Waals surface area contributed by atoms with E-state index >= 15 is 0 Å². The molecule has 3 aromatic rings. The van der Waals surface area contributed by atoms with E-state index in [1.165, 1.54) is 19.5 Å². The van der Waals surface area contributed by atoms with Crippen LogP contribution in [0.1, 0.15) is 23.0 Å². The molecular weight excluding hydrogens is 454 g/mol. The zero-order valence-electron chi connectivity index (χ0n) is 17.8. The van der Waals surface area contributed by atoms with Crippen LogP contribution in [0.3, 0.4) is 0 Å². The number of nitrogens with one attached hydrogen (secondary N) is 1. The third-order valence-corrected chi connectivity index (χ3v) is 6.15. The molecule has 0 bridgehead atoms. The summed E-state index contributed by atoms with van der Waals surface area (Å²) in [6.45, 7) is 5.88. The van der Waals surface area contributed by atoms with Crippen LogP contribution in [0, 0.1) is 18.8 Å². The molecule has 2 atom stereocenters. The van der Waals surface area contributed by atoms with Gasteiger partial charge < -0.3 is 14.2 Å². The Bertz CT molecular complexity index is 1130. The lowest BCUT2D eigenvalue weighted by Gasteiger charge is -2.13. The van der Waals surface area contributed by atoms with E-state index in [0.29, 0.717) is 57.8 Å². The number of methoxy groups -OCH3 is 1. The van der Waals surface area contributed by atoms with Crippen molar-refractivity contribution in [3.05, 3.63) is 40.9 Å². The first kappa shape index (κ1) is 22.4. The molecule has 1 aliphatic heterocycles. The molecule has 32 heavy (non-hydrogen) atoms. The Morgan fingerprint density at radius 1 is 1.25 bits per heavy atom. The number of anilines is 1. The van der Waals surface area contributed by atoms with Crippen molar-refractivity contribution in [2.45, 2.75) is 13.8 Å². The number of hydrogen-bond donors (Lipinski definition) is 1. The van der Waals surface area contributed by atoms with Gasteiger partial charge >= 0.3 is 0 Å². The highest BCUT2D eigenvalue weighted by Crippen LogP contribution is 2.34. The number of halogens is 1. The van der Waals surface area contributed by atoms with Gasteiger partial charge in [0.1, 0.15) is 10.9 Å². The Morgan fingerprint density at radius 2 is 2.09 bits per heavy atom. The van der Waals surface area contributed by atoms with Crippen molar-refractivity contribution in [1.82, 2.24) is 20.2 Å². The fourth-order valence-corrected chi connectivity index (χ4v) is 4.09. The van der Waals surface area contributed by atoms with Crippen LogP contribution < -0.4 is 14.8 Å². The number of pyridine rings is 2. The van der Waals surface area contributed by atoms with Gasteiger partial charge in [-0.05, 0) is 36.3 Å². The quantitative estimate of drug-likeness (QED) is 0.513. The zero-order chi connectivity index (χ0) is 22.7. The van der Waals surface area contributed by atoms with Crippen molar-refractivity contribution in [3.63, 3.8) is 0 Å². The zero-order valence-corrected chi connectivity index (χ0v) is 19.4. The Hall–Kier alpha value is -2.82. The minimum absolute atomic E-state index is 0.287. The summed E-state index contributed by atoms with van der Waals surface area (Å²) in [7, 11) is 1.53. The lowest BCUT2D eigenvalue weighted by atomic mass is 10.00. The molecule has 1 saturated heterocycles. The van der Waals surface area contributed by atoms with Crippen LogP contribution >= 0.6 is 22.9 Å². The molecule has 11 heteroatoms. The molecule has 0 radical (unpaired) electrons. The van der Waals surface area contributed by atoms with Gasteiger partial charge in [-0.2, -0.15) is 0 Å². The average molecular weight is 476 g/mol. The first-order chi connectivity index (χ1) is 15.4. The topological polar surface area (TPSA) is 108 Å². The van der Waals surface area contributed by atoms with Gasteiger partial charge in [-0.15, -0.1) is 5.10 Å². The molecule has 0 saturated carbocycles. The fourth-order valence-electron chi connectivity index (χ4n) is 3.33. The summed E-state index contributed by atoms with van der Waals surface area (Å²) < 4.78 is 16.6. The van der Waals surface area contributed by atoms with Crippen LogP contribution in [0.4, 0.5) is 5.13 Å². The van der Waals surface area contributed by atoms with E-state index in [-0.39, 0.29) is 11.1 Å². The van der Waals surface area contributed by atoms with Gasteiger partial charge in [0.25, 0.3) is 11.1 Å². The Morgan fingerprint density at radius 3 is 2.84 bits per heavy atom. The maximum Gasteiger partial charge on any atom is 0.295 e. The summed E-state index contributed by atoms with van der Waals surface area (Å²) in [6, 6.07) is 3.44. The van der Waals surface area contributed by atoms with E-state index in [9.17, 15) is 4.79 Å². The molecule has 4 heterocycles. The highest BCUT2D eigenvalue weighted by molar-refractivity contribution is 7.17. The van der Waals surface area contributed by atoms with Gasteiger partial charge in [0.2, 0.25) is 5.13 Å². The Kier molecular flexibility index (Phi) is 6.83. The predicted molar refractivity (Wildman–Crippen MR) is 121 cm³/mol. The second kappa shape index (κ2) is 9.76. The van der Waals surface area contributed by atoms with E-state index < -0.39 is 0 Å².